The molecule has 0 aliphatic carbocycles. The van der Waals surface area contributed by atoms with E-state index in [1.807, 2.05) is 18.3 Å². The Hall–Kier alpha value is -3.97. The molecule has 5 rings (SSSR count). The van der Waals surface area contributed by atoms with Gasteiger partial charge in [0.05, 0.1) is 5.69 Å². The summed E-state index contributed by atoms with van der Waals surface area (Å²) in [6.07, 6.45) is 1.84. The lowest BCUT2D eigenvalue weighted by molar-refractivity contribution is 1.33. The molecule has 1 aromatic heterocycles. The molecule has 0 radical (unpaired) electrons. The topological polar surface area (TPSA) is 12.9 Å². The third-order valence-electron chi connectivity index (χ3n) is 5.86. The minimum atomic E-state index is 0.989. The van der Waals surface area contributed by atoms with E-state index in [0.717, 1.165) is 11.3 Å². The summed E-state index contributed by atoms with van der Waals surface area (Å²) in [6.45, 7) is 4.25. The quantitative estimate of drug-likeness (QED) is 0.289. The van der Waals surface area contributed by atoms with Gasteiger partial charge in [-0.1, -0.05) is 83.9 Å². The van der Waals surface area contributed by atoms with Crippen LogP contribution in [0.3, 0.4) is 0 Å². The highest BCUT2D eigenvalue weighted by molar-refractivity contribution is 5.82. The van der Waals surface area contributed by atoms with E-state index in [-0.39, 0.29) is 0 Å². The van der Waals surface area contributed by atoms with Gasteiger partial charge in [-0.25, -0.2) is 0 Å². The van der Waals surface area contributed by atoms with Gasteiger partial charge in [-0.3, -0.25) is 4.98 Å². The van der Waals surface area contributed by atoms with Crippen molar-refractivity contribution < 1.29 is 0 Å². The van der Waals surface area contributed by atoms with Crippen molar-refractivity contribution in [2.45, 2.75) is 13.8 Å². The van der Waals surface area contributed by atoms with Crippen LogP contribution in [0, 0.1) is 13.8 Å². The van der Waals surface area contributed by atoms with Gasteiger partial charge < -0.3 is 0 Å². The fourth-order valence-electron chi connectivity index (χ4n) is 4.01. The highest BCUT2D eigenvalue weighted by Crippen LogP contribution is 2.34. The standard InChI is InChI=1S/C31H25N/c1-22-9-13-24(14-10-22)28-19-29(25-15-11-23(2)12-16-25)21-30(20-28)26-6-5-7-27(18-26)31-8-3-4-17-32-31/h3-21H,1-2H3. The number of aryl methyl sites for hydroxylation is 2. The Morgan fingerprint density at radius 1 is 0.406 bits per heavy atom. The lowest BCUT2D eigenvalue weighted by atomic mass is 9.92. The fraction of sp³-hybridized carbons (Fsp3) is 0.0645. The summed E-state index contributed by atoms with van der Waals surface area (Å²) in [5.74, 6) is 0. The van der Waals surface area contributed by atoms with Crippen molar-refractivity contribution >= 4 is 0 Å². The minimum absolute atomic E-state index is 0.989. The summed E-state index contributed by atoms with van der Waals surface area (Å²) in [7, 11) is 0. The van der Waals surface area contributed by atoms with Crippen molar-refractivity contribution in [2.75, 3.05) is 0 Å². The maximum absolute atomic E-state index is 4.53. The molecule has 4 aromatic carbocycles. The predicted octanol–water partition coefficient (Wildman–Crippen LogP) is 8.37. The van der Waals surface area contributed by atoms with Gasteiger partial charge in [-0.2, -0.15) is 0 Å². The molecule has 0 N–H and O–H groups in total. The molecule has 0 saturated heterocycles. The number of pyridine rings is 1. The molecule has 0 spiro atoms. The molecule has 0 fully saturated rings. The smallest absolute Gasteiger partial charge is 0.0702 e. The summed E-state index contributed by atoms with van der Waals surface area (Å²) in [6, 6.07) is 39.1. The molecule has 0 aliphatic heterocycles. The Balaban J connectivity index is 1.66. The Bertz CT molecular complexity index is 1280. The first-order chi connectivity index (χ1) is 15.7. The van der Waals surface area contributed by atoms with Crippen LogP contribution in [0.4, 0.5) is 0 Å². The second kappa shape index (κ2) is 8.64. The van der Waals surface area contributed by atoms with E-state index in [0.29, 0.717) is 0 Å². The lowest BCUT2D eigenvalue weighted by Crippen LogP contribution is -1.88. The van der Waals surface area contributed by atoms with E-state index in [9.17, 15) is 0 Å². The van der Waals surface area contributed by atoms with Crippen LogP contribution in [0.15, 0.2) is 115 Å². The van der Waals surface area contributed by atoms with Gasteiger partial charge in [-0.15, -0.1) is 0 Å². The van der Waals surface area contributed by atoms with Gasteiger partial charge in [0, 0.05) is 11.8 Å². The minimum Gasteiger partial charge on any atom is -0.256 e. The second-order valence-electron chi connectivity index (χ2n) is 8.33. The maximum atomic E-state index is 4.53. The monoisotopic (exact) mass is 411 g/mol. The van der Waals surface area contributed by atoms with Gasteiger partial charge in [0.2, 0.25) is 0 Å². The van der Waals surface area contributed by atoms with E-state index in [1.54, 1.807) is 0 Å². The van der Waals surface area contributed by atoms with E-state index in [4.69, 9.17) is 0 Å². The number of nitrogens with zero attached hydrogens (tertiary/aromatic N) is 1. The zero-order chi connectivity index (χ0) is 21.9. The van der Waals surface area contributed by atoms with E-state index >= 15 is 0 Å². The highest BCUT2D eigenvalue weighted by atomic mass is 14.7. The zero-order valence-electron chi connectivity index (χ0n) is 18.4. The molecule has 0 aliphatic rings. The molecule has 0 bridgehead atoms. The summed E-state index contributed by atoms with van der Waals surface area (Å²) in [4.78, 5) is 4.53. The first kappa shape index (κ1) is 20.0. The third kappa shape index (κ3) is 4.24. The van der Waals surface area contributed by atoms with Crippen molar-refractivity contribution in [3.63, 3.8) is 0 Å². The average molecular weight is 412 g/mol. The highest BCUT2D eigenvalue weighted by Gasteiger charge is 2.09. The number of rotatable bonds is 4. The number of benzene rings is 4. The fourth-order valence-corrected chi connectivity index (χ4v) is 4.01. The Labute approximate surface area is 190 Å². The third-order valence-corrected chi connectivity index (χ3v) is 5.86. The SMILES string of the molecule is Cc1ccc(-c2cc(-c3ccc(C)cc3)cc(-c3cccc(-c4ccccn4)c3)c2)cc1. The number of aromatic nitrogens is 1. The molecule has 1 nitrogen and oxygen atoms in total. The van der Waals surface area contributed by atoms with Crippen LogP contribution >= 0.6 is 0 Å². The van der Waals surface area contributed by atoms with Crippen LogP contribution < -0.4 is 0 Å². The molecule has 0 unspecified atom stereocenters. The van der Waals surface area contributed by atoms with Crippen LogP contribution in [-0.4, -0.2) is 4.98 Å². The molecular formula is C31H25N. The first-order valence-corrected chi connectivity index (χ1v) is 11.0. The summed E-state index contributed by atoms with van der Waals surface area (Å²) < 4.78 is 0. The van der Waals surface area contributed by atoms with Crippen molar-refractivity contribution in [3.05, 3.63) is 127 Å². The summed E-state index contributed by atoms with van der Waals surface area (Å²) >= 11 is 0. The van der Waals surface area contributed by atoms with Crippen molar-refractivity contribution in [1.82, 2.24) is 4.98 Å². The lowest BCUT2D eigenvalue weighted by Gasteiger charge is -2.13. The van der Waals surface area contributed by atoms with Crippen LogP contribution in [0.25, 0.3) is 44.6 Å². The average Bonchev–Trinajstić information content (AvgIpc) is 2.85. The van der Waals surface area contributed by atoms with E-state index in [1.165, 1.54) is 44.5 Å². The van der Waals surface area contributed by atoms with Crippen LogP contribution in [0.1, 0.15) is 11.1 Å². The van der Waals surface area contributed by atoms with E-state index in [2.05, 4.69) is 116 Å². The molecule has 0 atom stereocenters. The molecule has 154 valence electrons. The molecule has 0 saturated carbocycles. The van der Waals surface area contributed by atoms with Gasteiger partial charge in [0.25, 0.3) is 0 Å². The molecular weight excluding hydrogens is 386 g/mol. The molecule has 1 heterocycles. The van der Waals surface area contributed by atoms with Crippen molar-refractivity contribution in [2.24, 2.45) is 0 Å². The van der Waals surface area contributed by atoms with Gasteiger partial charge in [0.15, 0.2) is 0 Å². The molecule has 5 aromatic rings. The first-order valence-electron chi connectivity index (χ1n) is 11.0. The Morgan fingerprint density at radius 2 is 0.906 bits per heavy atom. The molecule has 1 heteroatoms. The number of hydrogen-bond acceptors (Lipinski definition) is 1. The Morgan fingerprint density at radius 3 is 1.44 bits per heavy atom. The molecule has 0 amide bonds. The van der Waals surface area contributed by atoms with Crippen molar-refractivity contribution in [1.29, 1.82) is 0 Å². The van der Waals surface area contributed by atoms with Crippen LogP contribution in [0.2, 0.25) is 0 Å². The van der Waals surface area contributed by atoms with Gasteiger partial charge in [-0.05, 0) is 83.6 Å². The maximum Gasteiger partial charge on any atom is 0.0702 e. The predicted molar refractivity (Wildman–Crippen MR) is 135 cm³/mol. The number of hydrogen-bond donors (Lipinski definition) is 0. The van der Waals surface area contributed by atoms with Gasteiger partial charge in [0.1, 0.15) is 0 Å². The van der Waals surface area contributed by atoms with Crippen LogP contribution in [0.5, 0.6) is 0 Å². The van der Waals surface area contributed by atoms with E-state index < -0.39 is 0 Å². The van der Waals surface area contributed by atoms with Crippen LogP contribution in [-0.2, 0) is 0 Å². The summed E-state index contributed by atoms with van der Waals surface area (Å²) in [5, 5.41) is 0. The molecule has 32 heavy (non-hydrogen) atoms. The van der Waals surface area contributed by atoms with Gasteiger partial charge >= 0.3 is 0 Å². The van der Waals surface area contributed by atoms with Crippen molar-refractivity contribution in [3.8, 4) is 44.6 Å². The largest absolute Gasteiger partial charge is 0.256 e. The Kier molecular flexibility index (Phi) is 5.39. The zero-order valence-corrected chi connectivity index (χ0v) is 18.4. The second-order valence-corrected chi connectivity index (χ2v) is 8.33. The normalized spacial score (nSPS) is 10.8. The summed E-state index contributed by atoms with van der Waals surface area (Å²) in [5.41, 5.74) is 12.0.